The number of esters is 1. The van der Waals surface area contributed by atoms with Gasteiger partial charge in [0.15, 0.2) is 5.82 Å². The highest BCUT2D eigenvalue weighted by molar-refractivity contribution is 6.33. The molecule has 0 saturated carbocycles. The maximum Gasteiger partial charge on any atom is 0.337 e. The largest absolute Gasteiger partial charge is 0.465 e. The van der Waals surface area contributed by atoms with Crippen LogP contribution in [0.2, 0.25) is 5.02 Å². The highest BCUT2D eigenvalue weighted by Crippen LogP contribution is 2.26. The molecular weight excluding hydrogens is 372 g/mol. The monoisotopic (exact) mass is 386 g/mol. The van der Waals surface area contributed by atoms with Crippen LogP contribution in [-0.2, 0) is 4.74 Å². The van der Waals surface area contributed by atoms with Crippen LogP contribution in [0.3, 0.4) is 0 Å². The fraction of sp³-hybridized carbons (Fsp3) is 0.111. The topological polar surface area (TPSA) is 106 Å². The molecule has 0 saturated heterocycles. The van der Waals surface area contributed by atoms with E-state index in [9.17, 15) is 9.59 Å². The Kier molecular flexibility index (Phi) is 5.37. The summed E-state index contributed by atoms with van der Waals surface area (Å²) in [4.78, 5) is 27.9. The van der Waals surface area contributed by atoms with Gasteiger partial charge in [-0.15, -0.1) is 0 Å². The predicted octanol–water partition coefficient (Wildman–Crippen LogP) is 3.81. The average molecular weight is 387 g/mol. The van der Waals surface area contributed by atoms with Crippen LogP contribution in [0.1, 0.15) is 26.6 Å². The maximum absolute atomic E-state index is 12.2. The van der Waals surface area contributed by atoms with Gasteiger partial charge in [-0.05, 0) is 37.3 Å². The van der Waals surface area contributed by atoms with E-state index >= 15 is 0 Å². The first-order chi connectivity index (χ1) is 13.0. The van der Waals surface area contributed by atoms with E-state index in [2.05, 4.69) is 20.8 Å². The van der Waals surface area contributed by atoms with E-state index in [4.69, 9.17) is 20.9 Å². The molecule has 0 radical (unpaired) electrons. The summed E-state index contributed by atoms with van der Waals surface area (Å²) >= 11 is 6.15. The smallest absolute Gasteiger partial charge is 0.337 e. The van der Waals surface area contributed by atoms with E-state index in [1.54, 1.807) is 43.3 Å². The number of benzene rings is 1. The molecule has 3 rings (SSSR count). The van der Waals surface area contributed by atoms with E-state index in [1.165, 1.54) is 13.3 Å². The van der Waals surface area contributed by atoms with Gasteiger partial charge in [-0.25, -0.2) is 9.78 Å². The van der Waals surface area contributed by atoms with Crippen LogP contribution in [0, 0.1) is 6.92 Å². The maximum atomic E-state index is 12.2. The van der Waals surface area contributed by atoms with Gasteiger partial charge in [-0.1, -0.05) is 16.8 Å². The number of carbonyl (C=O) groups excluding carboxylic acids is 2. The highest BCUT2D eigenvalue weighted by atomic mass is 35.5. The molecule has 2 heterocycles. The van der Waals surface area contributed by atoms with E-state index in [-0.39, 0.29) is 5.69 Å². The standard InChI is InChI=1S/C18H15ClN4O4/c1-10-7-16(23-27-10)22-17(24)14-6-4-12(9-20-14)21-15-8-11(18(25)26-2)3-5-13(15)19/h3-9,21H,1-2H3,(H,22,23,24). The van der Waals surface area contributed by atoms with Crippen LogP contribution in [0.15, 0.2) is 47.1 Å². The second kappa shape index (κ2) is 7.88. The zero-order valence-corrected chi connectivity index (χ0v) is 15.2. The molecule has 0 bridgehead atoms. The van der Waals surface area contributed by atoms with E-state index in [0.29, 0.717) is 33.5 Å². The van der Waals surface area contributed by atoms with Crippen molar-refractivity contribution in [3.05, 3.63) is 64.6 Å². The quantitative estimate of drug-likeness (QED) is 0.642. The molecule has 0 spiro atoms. The molecule has 0 fully saturated rings. The minimum absolute atomic E-state index is 0.204. The molecule has 1 aromatic carbocycles. The number of amides is 1. The van der Waals surface area contributed by atoms with Crippen LogP contribution >= 0.6 is 11.6 Å². The second-order valence-electron chi connectivity index (χ2n) is 5.52. The molecule has 2 aromatic heterocycles. The molecule has 0 unspecified atom stereocenters. The van der Waals surface area contributed by atoms with Gasteiger partial charge in [0.25, 0.3) is 5.91 Å². The SMILES string of the molecule is COC(=O)c1ccc(Cl)c(Nc2ccc(C(=O)Nc3cc(C)on3)nc2)c1. The Hall–Kier alpha value is -3.39. The molecule has 0 atom stereocenters. The number of nitrogens with zero attached hydrogens (tertiary/aromatic N) is 2. The Morgan fingerprint density at radius 1 is 1.19 bits per heavy atom. The van der Waals surface area contributed by atoms with Crippen molar-refractivity contribution in [2.75, 3.05) is 17.7 Å². The molecule has 9 heteroatoms. The van der Waals surface area contributed by atoms with Gasteiger partial charge in [0.2, 0.25) is 0 Å². The van der Waals surface area contributed by atoms with Crippen LogP contribution < -0.4 is 10.6 Å². The second-order valence-corrected chi connectivity index (χ2v) is 5.93. The van der Waals surface area contributed by atoms with Crippen molar-refractivity contribution in [3.8, 4) is 0 Å². The number of nitrogens with one attached hydrogen (secondary N) is 2. The fourth-order valence-electron chi connectivity index (χ4n) is 2.23. The van der Waals surface area contributed by atoms with Crippen molar-refractivity contribution in [1.29, 1.82) is 0 Å². The Balaban J connectivity index is 1.72. The summed E-state index contributed by atoms with van der Waals surface area (Å²) in [6.45, 7) is 1.72. The van der Waals surface area contributed by atoms with Crippen molar-refractivity contribution in [2.24, 2.45) is 0 Å². The molecule has 0 aliphatic rings. The molecule has 0 aliphatic heterocycles. The first-order valence-electron chi connectivity index (χ1n) is 7.82. The number of methoxy groups -OCH3 is 1. The molecular formula is C18H15ClN4O4. The summed E-state index contributed by atoms with van der Waals surface area (Å²) in [5.41, 5.74) is 1.66. The molecule has 138 valence electrons. The van der Waals surface area contributed by atoms with Gasteiger partial charge in [-0.3, -0.25) is 4.79 Å². The van der Waals surface area contributed by atoms with Gasteiger partial charge < -0.3 is 19.9 Å². The van der Waals surface area contributed by atoms with Crippen molar-refractivity contribution < 1.29 is 18.8 Å². The first-order valence-corrected chi connectivity index (χ1v) is 8.19. The Bertz CT molecular complexity index is 985. The van der Waals surface area contributed by atoms with Crippen molar-refractivity contribution in [2.45, 2.75) is 6.92 Å². The molecule has 0 aliphatic carbocycles. The summed E-state index contributed by atoms with van der Waals surface area (Å²) < 4.78 is 9.59. The third-order valence-corrected chi connectivity index (χ3v) is 3.86. The molecule has 27 heavy (non-hydrogen) atoms. The number of carbonyl (C=O) groups is 2. The fourth-order valence-corrected chi connectivity index (χ4v) is 2.39. The van der Waals surface area contributed by atoms with Crippen LogP contribution in [0.5, 0.6) is 0 Å². The highest BCUT2D eigenvalue weighted by Gasteiger charge is 2.12. The number of halogens is 1. The molecule has 2 N–H and O–H groups in total. The molecule has 3 aromatic rings. The van der Waals surface area contributed by atoms with Crippen molar-refractivity contribution in [3.63, 3.8) is 0 Å². The third-order valence-electron chi connectivity index (χ3n) is 3.53. The Morgan fingerprint density at radius 3 is 2.63 bits per heavy atom. The number of hydrogen-bond acceptors (Lipinski definition) is 7. The van der Waals surface area contributed by atoms with Crippen LogP contribution in [-0.4, -0.2) is 29.1 Å². The predicted molar refractivity (Wildman–Crippen MR) is 99.5 cm³/mol. The lowest BCUT2D eigenvalue weighted by Crippen LogP contribution is -2.13. The lowest BCUT2D eigenvalue weighted by molar-refractivity contribution is 0.0600. The zero-order chi connectivity index (χ0) is 19.4. The summed E-state index contributed by atoms with van der Waals surface area (Å²) in [7, 11) is 1.30. The van der Waals surface area contributed by atoms with Gasteiger partial charge >= 0.3 is 5.97 Å². The Labute approximate surface area is 159 Å². The normalized spacial score (nSPS) is 10.3. The number of aryl methyl sites for hydroxylation is 1. The van der Waals surface area contributed by atoms with Gasteiger partial charge in [-0.2, -0.15) is 0 Å². The van der Waals surface area contributed by atoms with Gasteiger partial charge in [0.05, 0.1) is 35.3 Å². The minimum Gasteiger partial charge on any atom is -0.465 e. The van der Waals surface area contributed by atoms with Crippen LogP contribution in [0.4, 0.5) is 17.2 Å². The number of rotatable bonds is 5. The van der Waals surface area contributed by atoms with E-state index < -0.39 is 11.9 Å². The molecule has 1 amide bonds. The summed E-state index contributed by atoms with van der Waals surface area (Å²) in [5.74, 6) is 0.0142. The van der Waals surface area contributed by atoms with Crippen LogP contribution in [0.25, 0.3) is 0 Å². The van der Waals surface area contributed by atoms with Gasteiger partial charge in [0.1, 0.15) is 11.5 Å². The van der Waals surface area contributed by atoms with E-state index in [1.807, 2.05) is 0 Å². The number of aromatic nitrogens is 2. The summed E-state index contributed by atoms with van der Waals surface area (Å²) in [6.07, 6.45) is 1.48. The van der Waals surface area contributed by atoms with Crippen molar-refractivity contribution in [1.82, 2.24) is 10.1 Å². The number of hydrogen-bond donors (Lipinski definition) is 2. The average Bonchev–Trinajstić information content (AvgIpc) is 3.08. The minimum atomic E-state index is -0.469. The summed E-state index contributed by atoms with van der Waals surface area (Å²) in [5, 5.41) is 9.75. The first kappa shape index (κ1) is 18.4. The number of pyridine rings is 1. The summed E-state index contributed by atoms with van der Waals surface area (Å²) in [6, 6.07) is 9.54. The molecule has 8 nitrogen and oxygen atoms in total. The third kappa shape index (κ3) is 4.42. The number of anilines is 3. The van der Waals surface area contributed by atoms with Gasteiger partial charge in [0, 0.05) is 6.07 Å². The Morgan fingerprint density at radius 2 is 2.00 bits per heavy atom. The number of ether oxygens (including phenoxy) is 1. The lowest BCUT2D eigenvalue weighted by Gasteiger charge is -2.10. The lowest BCUT2D eigenvalue weighted by atomic mass is 10.2. The van der Waals surface area contributed by atoms with E-state index in [0.717, 1.165) is 0 Å². The van der Waals surface area contributed by atoms with Crippen molar-refractivity contribution >= 4 is 40.7 Å². The zero-order valence-electron chi connectivity index (χ0n) is 14.4.